The number of aromatic nitrogens is 1. The standard InChI is InChI=1S/C15H17N3O2/c19-14(11-4-6-16-7-5-11)18-13-3-1-2-12(10-13)15-17-8-9-20-15/h1-3,8-11,16H,4-7H2,(H,18,19). The van der Waals surface area contributed by atoms with Crippen molar-refractivity contribution in [2.24, 2.45) is 5.92 Å². The molecule has 5 nitrogen and oxygen atoms in total. The normalized spacial score (nSPS) is 16.0. The molecule has 1 aliphatic rings. The molecular weight excluding hydrogens is 254 g/mol. The highest BCUT2D eigenvalue weighted by molar-refractivity contribution is 5.93. The number of nitrogens with one attached hydrogen (secondary N) is 2. The van der Waals surface area contributed by atoms with Gasteiger partial charge in [-0.1, -0.05) is 6.07 Å². The molecule has 1 aliphatic heterocycles. The van der Waals surface area contributed by atoms with Crippen LogP contribution in [-0.4, -0.2) is 24.0 Å². The third-order valence-corrected chi connectivity index (χ3v) is 3.52. The average molecular weight is 271 g/mol. The van der Waals surface area contributed by atoms with Gasteiger partial charge in [0, 0.05) is 17.2 Å². The Labute approximate surface area is 117 Å². The van der Waals surface area contributed by atoms with Crippen molar-refractivity contribution >= 4 is 11.6 Å². The zero-order valence-corrected chi connectivity index (χ0v) is 11.1. The molecule has 1 fully saturated rings. The van der Waals surface area contributed by atoms with E-state index in [2.05, 4.69) is 15.6 Å². The summed E-state index contributed by atoms with van der Waals surface area (Å²) in [6, 6.07) is 7.56. The lowest BCUT2D eigenvalue weighted by Crippen LogP contribution is -2.34. The fourth-order valence-electron chi connectivity index (χ4n) is 2.42. The lowest BCUT2D eigenvalue weighted by atomic mass is 9.97. The minimum atomic E-state index is 0.0936. The van der Waals surface area contributed by atoms with Gasteiger partial charge in [-0.3, -0.25) is 4.79 Å². The first-order valence-electron chi connectivity index (χ1n) is 6.84. The Bertz CT molecular complexity index is 575. The lowest BCUT2D eigenvalue weighted by Gasteiger charge is -2.21. The summed E-state index contributed by atoms with van der Waals surface area (Å²) in [6.45, 7) is 1.82. The first-order valence-corrected chi connectivity index (χ1v) is 6.84. The number of rotatable bonds is 3. The molecule has 0 aliphatic carbocycles. The number of nitrogens with zero attached hydrogens (tertiary/aromatic N) is 1. The Hall–Kier alpha value is -2.14. The van der Waals surface area contributed by atoms with Crippen molar-refractivity contribution in [3.63, 3.8) is 0 Å². The zero-order valence-electron chi connectivity index (χ0n) is 11.1. The second kappa shape index (κ2) is 5.88. The van der Waals surface area contributed by atoms with Crippen LogP contribution in [0.3, 0.4) is 0 Å². The Morgan fingerprint density at radius 1 is 1.35 bits per heavy atom. The van der Waals surface area contributed by atoms with Crippen molar-refractivity contribution in [3.05, 3.63) is 36.7 Å². The Kier molecular flexibility index (Phi) is 3.78. The first-order chi connectivity index (χ1) is 9.83. The van der Waals surface area contributed by atoms with Crippen LogP contribution in [0.4, 0.5) is 5.69 Å². The maximum absolute atomic E-state index is 12.2. The average Bonchev–Trinajstić information content (AvgIpc) is 3.03. The van der Waals surface area contributed by atoms with Gasteiger partial charge in [0.25, 0.3) is 0 Å². The van der Waals surface area contributed by atoms with Gasteiger partial charge in [-0.2, -0.15) is 0 Å². The Morgan fingerprint density at radius 2 is 2.20 bits per heavy atom. The summed E-state index contributed by atoms with van der Waals surface area (Å²) < 4.78 is 5.26. The van der Waals surface area contributed by atoms with E-state index < -0.39 is 0 Å². The zero-order chi connectivity index (χ0) is 13.8. The molecule has 5 heteroatoms. The van der Waals surface area contributed by atoms with Crippen molar-refractivity contribution in [1.29, 1.82) is 0 Å². The third kappa shape index (κ3) is 2.88. The molecule has 0 atom stereocenters. The summed E-state index contributed by atoms with van der Waals surface area (Å²) >= 11 is 0. The topological polar surface area (TPSA) is 67.2 Å². The number of benzene rings is 1. The van der Waals surface area contributed by atoms with E-state index in [1.54, 1.807) is 6.20 Å². The van der Waals surface area contributed by atoms with E-state index in [4.69, 9.17) is 4.42 Å². The van der Waals surface area contributed by atoms with Crippen LogP contribution in [-0.2, 0) is 4.79 Å². The van der Waals surface area contributed by atoms with Gasteiger partial charge < -0.3 is 15.1 Å². The van der Waals surface area contributed by atoms with Gasteiger partial charge in [0.2, 0.25) is 11.8 Å². The number of carbonyl (C=O) groups excluding carboxylic acids is 1. The largest absolute Gasteiger partial charge is 0.445 e. The number of piperidine rings is 1. The quantitative estimate of drug-likeness (QED) is 0.898. The van der Waals surface area contributed by atoms with Gasteiger partial charge in [-0.15, -0.1) is 0 Å². The minimum Gasteiger partial charge on any atom is -0.445 e. The van der Waals surface area contributed by atoms with Gasteiger partial charge in [0.1, 0.15) is 6.26 Å². The molecule has 1 aromatic carbocycles. The van der Waals surface area contributed by atoms with Crippen LogP contribution in [0.5, 0.6) is 0 Å². The predicted molar refractivity (Wildman–Crippen MR) is 76.2 cm³/mol. The minimum absolute atomic E-state index is 0.0936. The van der Waals surface area contributed by atoms with Crippen LogP contribution in [0.15, 0.2) is 41.1 Å². The summed E-state index contributed by atoms with van der Waals surface area (Å²) in [7, 11) is 0. The molecule has 0 radical (unpaired) electrons. The van der Waals surface area contributed by atoms with E-state index >= 15 is 0 Å². The van der Waals surface area contributed by atoms with Crippen LogP contribution in [0.2, 0.25) is 0 Å². The molecular formula is C15H17N3O2. The number of hydrogen-bond acceptors (Lipinski definition) is 4. The molecule has 2 heterocycles. The highest BCUT2D eigenvalue weighted by Gasteiger charge is 2.20. The summed E-state index contributed by atoms with van der Waals surface area (Å²) in [5.74, 6) is 0.751. The van der Waals surface area contributed by atoms with Crippen LogP contribution < -0.4 is 10.6 Å². The number of oxazole rings is 1. The van der Waals surface area contributed by atoms with Crippen molar-refractivity contribution in [1.82, 2.24) is 10.3 Å². The van der Waals surface area contributed by atoms with Gasteiger partial charge in [-0.05, 0) is 44.1 Å². The van der Waals surface area contributed by atoms with Gasteiger partial charge in [0.15, 0.2) is 0 Å². The second-order valence-corrected chi connectivity index (χ2v) is 4.93. The molecule has 0 unspecified atom stereocenters. The van der Waals surface area contributed by atoms with E-state index in [0.29, 0.717) is 5.89 Å². The summed E-state index contributed by atoms with van der Waals surface area (Å²) in [5, 5.41) is 6.24. The number of carbonyl (C=O) groups is 1. The molecule has 0 saturated carbocycles. The highest BCUT2D eigenvalue weighted by atomic mass is 16.3. The molecule has 1 aromatic heterocycles. The molecule has 0 bridgehead atoms. The summed E-state index contributed by atoms with van der Waals surface area (Å²) in [5.41, 5.74) is 1.64. The van der Waals surface area contributed by atoms with Crippen LogP contribution >= 0.6 is 0 Å². The third-order valence-electron chi connectivity index (χ3n) is 3.52. The molecule has 2 aromatic rings. The van der Waals surface area contributed by atoms with Crippen LogP contribution in [0.25, 0.3) is 11.5 Å². The van der Waals surface area contributed by atoms with Gasteiger partial charge in [0.05, 0.1) is 6.20 Å². The van der Waals surface area contributed by atoms with Crippen molar-refractivity contribution in [3.8, 4) is 11.5 Å². The molecule has 2 N–H and O–H groups in total. The Balaban J connectivity index is 1.71. The predicted octanol–water partition coefficient (Wildman–Crippen LogP) is 2.28. The monoisotopic (exact) mass is 271 g/mol. The molecule has 1 saturated heterocycles. The maximum atomic E-state index is 12.2. The second-order valence-electron chi connectivity index (χ2n) is 4.93. The lowest BCUT2D eigenvalue weighted by molar-refractivity contribution is -0.120. The fourth-order valence-corrected chi connectivity index (χ4v) is 2.42. The first kappa shape index (κ1) is 12.9. The van der Waals surface area contributed by atoms with Crippen molar-refractivity contribution < 1.29 is 9.21 Å². The fraction of sp³-hybridized carbons (Fsp3) is 0.333. The summed E-state index contributed by atoms with van der Waals surface area (Å²) in [4.78, 5) is 16.3. The van der Waals surface area contributed by atoms with Crippen molar-refractivity contribution in [2.45, 2.75) is 12.8 Å². The van der Waals surface area contributed by atoms with Crippen LogP contribution in [0.1, 0.15) is 12.8 Å². The van der Waals surface area contributed by atoms with E-state index in [1.165, 1.54) is 6.26 Å². The maximum Gasteiger partial charge on any atom is 0.227 e. The van der Waals surface area contributed by atoms with E-state index in [-0.39, 0.29) is 11.8 Å². The highest BCUT2D eigenvalue weighted by Crippen LogP contribution is 2.22. The smallest absolute Gasteiger partial charge is 0.227 e. The number of hydrogen-bond donors (Lipinski definition) is 2. The molecule has 20 heavy (non-hydrogen) atoms. The SMILES string of the molecule is O=C(Nc1cccc(-c2ncco2)c1)C1CCNCC1. The molecule has 1 amide bonds. The number of anilines is 1. The molecule has 0 spiro atoms. The van der Waals surface area contributed by atoms with E-state index in [9.17, 15) is 4.79 Å². The Morgan fingerprint density at radius 3 is 2.95 bits per heavy atom. The van der Waals surface area contributed by atoms with Gasteiger partial charge >= 0.3 is 0 Å². The van der Waals surface area contributed by atoms with Crippen LogP contribution in [0, 0.1) is 5.92 Å². The number of amides is 1. The summed E-state index contributed by atoms with van der Waals surface area (Å²) in [6.07, 6.45) is 4.93. The molecule has 104 valence electrons. The molecule has 3 rings (SSSR count). The van der Waals surface area contributed by atoms with Gasteiger partial charge in [-0.25, -0.2) is 4.98 Å². The van der Waals surface area contributed by atoms with E-state index in [0.717, 1.165) is 37.2 Å². The van der Waals surface area contributed by atoms with Crippen molar-refractivity contribution in [2.75, 3.05) is 18.4 Å². The van der Waals surface area contributed by atoms with E-state index in [1.807, 2.05) is 24.3 Å².